The summed E-state index contributed by atoms with van der Waals surface area (Å²) in [6, 6.07) is 5.94. The van der Waals surface area contributed by atoms with Gasteiger partial charge in [0.1, 0.15) is 5.69 Å². The molecule has 0 N–H and O–H groups in total. The number of benzene rings is 2. The van der Waals surface area contributed by atoms with Crippen LogP contribution < -0.4 is 5.01 Å². The van der Waals surface area contributed by atoms with E-state index in [2.05, 4.69) is 23.5 Å². The summed E-state index contributed by atoms with van der Waals surface area (Å²) in [6.07, 6.45) is 2.42. The molecule has 1 aliphatic heterocycles. The van der Waals surface area contributed by atoms with Crippen LogP contribution in [0.25, 0.3) is 17.0 Å². The number of hydrazone groups is 1. The normalized spacial score (nSPS) is 16.2. The predicted molar refractivity (Wildman–Crippen MR) is 121 cm³/mol. The molecule has 0 fully saturated rings. The highest BCUT2D eigenvalue weighted by Gasteiger charge is 2.37. The van der Waals surface area contributed by atoms with Crippen LogP contribution in [0.4, 0.5) is 27.6 Å². The number of anilines is 1. The van der Waals surface area contributed by atoms with Crippen molar-refractivity contribution in [1.29, 1.82) is 0 Å². The molecule has 0 saturated heterocycles. The number of carbonyl (C=O) groups is 1. The van der Waals surface area contributed by atoms with Crippen molar-refractivity contribution in [1.82, 2.24) is 4.57 Å². The number of nitrogens with zero attached hydrogens (tertiary/aromatic N) is 3. The Labute approximate surface area is 193 Å². The van der Waals surface area contributed by atoms with Gasteiger partial charge in [0.15, 0.2) is 23.3 Å². The molecule has 0 bridgehead atoms. The number of carbonyl (C=O) groups excluding carboxylic acids is 1. The lowest BCUT2D eigenvalue weighted by Gasteiger charge is -2.17. The van der Waals surface area contributed by atoms with Crippen LogP contribution in [-0.4, -0.2) is 16.2 Å². The first-order valence-corrected chi connectivity index (χ1v) is 10.7. The van der Waals surface area contributed by atoms with Gasteiger partial charge in [-0.1, -0.05) is 25.1 Å². The van der Waals surface area contributed by atoms with Crippen LogP contribution in [-0.2, 0) is 4.79 Å². The molecule has 1 atom stereocenters. The Morgan fingerprint density at radius 1 is 0.971 bits per heavy atom. The number of para-hydroxylation sites is 1. The van der Waals surface area contributed by atoms with Gasteiger partial charge in [-0.2, -0.15) is 10.1 Å². The van der Waals surface area contributed by atoms with Gasteiger partial charge in [-0.25, -0.2) is 22.0 Å². The van der Waals surface area contributed by atoms with Crippen LogP contribution in [0.15, 0.2) is 28.9 Å². The summed E-state index contributed by atoms with van der Waals surface area (Å²) in [5.41, 5.74) is 2.31. The van der Waals surface area contributed by atoms with Crippen LogP contribution in [0.5, 0.6) is 0 Å². The average molecular weight is 475 g/mol. The predicted octanol–water partition coefficient (Wildman–Crippen LogP) is 6.73. The Balaban J connectivity index is 1.90. The summed E-state index contributed by atoms with van der Waals surface area (Å²) in [5, 5.41) is 4.93. The monoisotopic (exact) mass is 475 g/mol. The first-order chi connectivity index (χ1) is 16.0. The molecule has 178 valence electrons. The molecular weight excluding hydrogens is 453 g/mol. The molecule has 3 aromatic rings. The van der Waals surface area contributed by atoms with E-state index in [0.29, 0.717) is 0 Å². The first-order valence-electron chi connectivity index (χ1n) is 10.7. The number of hydrogen-bond acceptors (Lipinski definition) is 2. The summed E-state index contributed by atoms with van der Waals surface area (Å²) in [4.78, 5) is 13.1. The third-order valence-electron chi connectivity index (χ3n) is 6.30. The van der Waals surface area contributed by atoms with Crippen molar-refractivity contribution < 1.29 is 26.7 Å². The molecule has 1 amide bonds. The van der Waals surface area contributed by atoms with Gasteiger partial charge in [-0.3, -0.25) is 4.79 Å². The number of fused-ring (bicyclic) bond motifs is 1. The maximum Gasteiger partial charge on any atom is 0.280 e. The Kier molecular flexibility index (Phi) is 5.83. The summed E-state index contributed by atoms with van der Waals surface area (Å²) in [5.74, 6) is -11.8. The number of amides is 1. The minimum Gasteiger partial charge on any atom is -0.341 e. The zero-order valence-electron chi connectivity index (χ0n) is 19.2. The highest BCUT2D eigenvalue weighted by atomic mass is 19.2. The van der Waals surface area contributed by atoms with Crippen LogP contribution in [0.1, 0.15) is 50.1 Å². The van der Waals surface area contributed by atoms with E-state index in [1.54, 1.807) is 6.08 Å². The van der Waals surface area contributed by atoms with Gasteiger partial charge >= 0.3 is 0 Å². The molecule has 0 spiro atoms. The van der Waals surface area contributed by atoms with E-state index in [4.69, 9.17) is 0 Å². The molecule has 2 heterocycles. The van der Waals surface area contributed by atoms with E-state index in [1.807, 2.05) is 32.0 Å². The van der Waals surface area contributed by atoms with Crippen molar-refractivity contribution in [3.05, 3.63) is 69.7 Å². The molecule has 2 aromatic carbocycles. The van der Waals surface area contributed by atoms with E-state index >= 15 is 0 Å². The van der Waals surface area contributed by atoms with Crippen LogP contribution >= 0.6 is 0 Å². The third kappa shape index (κ3) is 3.33. The molecule has 9 heteroatoms. The highest BCUT2D eigenvalue weighted by molar-refractivity contribution is 6.32. The fraction of sp³-hybridized carbons (Fsp3) is 0.280. The third-order valence-corrected chi connectivity index (χ3v) is 6.30. The molecule has 1 aromatic heterocycles. The van der Waals surface area contributed by atoms with Crippen molar-refractivity contribution >= 4 is 34.3 Å². The summed E-state index contributed by atoms with van der Waals surface area (Å²) in [6.45, 7) is 9.46. The Morgan fingerprint density at radius 3 is 2.15 bits per heavy atom. The fourth-order valence-corrected chi connectivity index (χ4v) is 4.36. The molecule has 0 unspecified atom stereocenters. The standard InChI is InChI=1S/C25H22F5N3O/c1-6-12(3)32-14(5)17(15-9-7-8-11(2)23(15)32)10-16-13(4)31-33(25(16)34)24-21(29)19(27)18(26)20(28)22(24)30/h7-10,12H,6H2,1-5H3/b16-10+/t12-/m1/s1. The second-order valence-electron chi connectivity index (χ2n) is 8.38. The number of aromatic nitrogens is 1. The lowest BCUT2D eigenvalue weighted by atomic mass is 10.0. The zero-order chi connectivity index (χ0) is 25.1. The highest BCUT2D eigenvalue weighted by Crippen LogP contribution is 2.37. The van der Waals surface area contributed by atoms with Gasteiger partial charge in [0.2, 0.25) is 5.82 Å². The molecule has 34 heavy (non-hydrogen) atoms. The Morgan fingerprint density at radius 2 is 1.56 bits per heavy atom. The van der Waals surface area contributed by atoms with Crippen LogP contribution in [0.3, 0.4) is 0 Å². The van der Waals surface area contributed by atoms with Gasteiger partial charge in [-0.05, 0) is 45.8 Å². The molecule has 0 radical (unpaired) electrons. The first kappa shape index (κ1) is 23.7. The van der Waals surface area contributed by atoms with Crippen molar-refractivity contribution in [2.24, 2.45) is 5.10 Å². The molecule has 1 aliphatic rings. The van der Waals surface area contributed by atoms with E-state index < -0.39 is 40.7 Å². The molecule has 0 aliphatic carbocycles. The number of hydrogen-bond donors (Lipinski definition) is 0. The van der Waals surface area contributed by atoms with E-state index in [9.17, 15) is 26.7 Å². The van der Waals surface area contributed by atoms with Crippen LogP contribution in [0.2, 0.25) is 0 Å². The molecule has 4 nitrogen and oxygen atoms in total. The topological polar surface area (TPSA) is 37.6 Å². The molecular formula is C25H22F5N3O. The number of rotatable bonds is 4. The SMILES string of the molecule is CC[C@@H](C)n1c(C)c(/C=C2/C(=O)N(c3c(F)c(F)c(F)c(F)c3F)N=C2C)c2cccc(C)c21. The maximum atomic E-state index is 14.3. The summed E-state index contributed by atoms with van der Waals surface area (Å²) in [7, 11) is 0. The van der Waals surface area contributed by atoms with E-state index in [-0.39, 0.29) is 22.3 Å². The molecule has 0 saturated carbocycles. The smallest absolute Gasteiger partial charge is 0.280 e. The van der Waals surface area contributed by atoms with Gasteiger partial charge in [-0.15, -0.1) is 0 Å². The molecule has 4 rings (SSSR count). The van der Waals surface area contributed by atoms with Crippen molar-refractivity contribution in [2.75, 3.05) is 5.01 Å². The largest absolute Gasteiger partial charge is 0.341 e. The van der Waals surface area contributed by atoms with Gasteiger partial charge in [0, 0.05) is 22.7 Å². The summed E-state index contributed by atoms with van der Waals surface area (Å²) < 4.78 is 71.8. The maximum absolute atomic E-state index is 14.3. The summed E-state index contributed by atoms with van der Waals surface area (Å²) >= 11 is 0. The van der Waals surface area contributed by atoms with E-state index in [0.717, 1.165) is 34.1 Å². The number of halogens is 5. The van der Waals surface area contributed by atoms with Crippen molar-refractivity contribution in [3.8, 4) is 0 Å². The Hall–Kier alpha value is -3.49. The van der Waals surface area contributed by atoms with Gasteiger partial charge < -0.3 is 4.57 Å². The van der Waals surface area contributed by atoms with Gasteiger partial charge in [0.05, 0.1) is 16.8 Å². The van der Waals surface area contributed by atoms with Crippen LogP contribution in [0, 0.1) is 42.9 Å². The van der Waals surface area contributed by atoms with E-state index in [1.165, 1.54) is 6.92 Å². The minimum absolute atomic E-state index is 0.00301. The Bertz CT molecular complexity index is 1390. The minimum atomic E-state index is -2.30. The average Bonchev–Trinajstić information content (AvgIpc) is 3.25. The van der Waals surface area contributed by atoms with Crippen molar-refractivity contribution in [2.45, 2.75) is 47.1 Å². The second kappa shape index (κ2) is 8.38. The zero-order valence-corrected chi connectivity index (χ0v) is 19.2. The second-order valence-corrected chi connectivity index (χ2v) is 8.38. The lowest BCUT2D eigenvalue weighted by Crippen LogP contribution is -2.25. The lowest BCUT2D eigenvalue weighted by molar-refractivity contribution is -0.114. The number of aryl methyl sites for hydroxylation is 1. The van der Waals surface area contributed by atoms with Crippen molar-refractivity contribution in [3.63, 3.8) is 0 Å². The fourth-order valence-electron chi connectivity index (χ4n) is 4.36. The van der Waals surface area contributed by atoms with Gasteiger partial charge in [0.25, 0.3) is 5.91 Å². The quantitative estimate of drug-likeness (QED) is 0.178.